The van der Waals surface area contributed by atoms with Crippen LogP contribution in [0.25, 0.3) is 0 Å². The van der Waals surface area contributed by atoms with E-state index in [0.29, 0.717) is 32.6 Å². The molecule has 0 aliphatic carbocycles. The summed E-state index contributed by atoms with van der Waals surface area (Å²) in [6.07, 6.45) is 3.12. The van der Waals surface area contributed by atoms with Crippen LogP contribution in [0.4, 0.5) is 0 Å². The lowest BCUT2D eigenvalue weighted by Crippen LogP contribution is -2.59. The Morgan fingerprint density at radius 1 is 1.05 bits per heavy atom. The molecule has 1 fully saturated rings. The summed E-state index contributed by atoms with van der Waals surface area (Å²) in [6, 6.07) is 17.1. The van der Waals surface area contributed by atoms with E-state index in [0.717, 1.165) is 19.3 Å². The molecule has 0 bridgehead atoms. The summed E-state index contributed by atoms with van der Waals surface area (Å²) < 4.78 is 0. The second-order valence-corrected chi connectivity index (χ2v) is 12.6. The van der Waals surface area contributed by atoms with Gasteiger partial charge in [-0.25, -0.2) is 0 Å². The van der Waals surface area contributed by atoms with E-state index in [1.807, 2.05) is 60.9 Å². The Bertz CT molecular complexity index is 1190. The Hall–Kier alpha value is -3.23. The summed E-state index contributed by atoms with van der Waals surface area (Å²) in [5.74, 6) is -0.185. The number of nitrogens with zero attached hydrogens (tertiary/aromatic N) is 2. The molecule has 8 nitrogen and oxygen atoms in total. The Balaban J connectivity index is 1.52. The van der Waals surface area contributed by atoms with Gasteiger partial charge in [0.2, 0.25) is 17.7 Å². The lowest BCUT2D eigenvalue weighted by atomic mass is 9.85. The lowest BCUT2D eigenvalue weighted by molar-refractivity contribution is -0.142. The maximum atomic E-state index is 14.0. The molecule has 2 aliphatic rings. The fourth-order valence-corrected chi connectivity index (χ4v) is 5.83. The Kier molecular flexibility index (Phi) is 10.2. The second kappa shape index (κ2) is 13.6. The van der Waals surface area contributed by atoms with Gasteiger partial charge < -0.3 is 25.8 Å². The van der Waals surface area contributed by atoms with Crippen molar-refractivity contribution in [2.45, 2.75) is 84.1 Å². The first-order chi connectivity index (χ1) is 19.6. The number of fused-ring (bicyclic) bond motifs is 1. The normalized spacial score (nSPS) is 20.2. The lowest BCUT2D eigenvalue weighted by Gasteiger charge is -2.38. The fraction of sp³-hybridized carbons (Fsp3) is 0.545. The molecule has 3 N–H and O–H groups in total. The molecule has 0 spiro atoms. The average Bonchev–Trinajstić information content (AvgIpc) is 3.44. The van der Waals surface area contributed by atoms with E-state index in [2.05, 4.69) is 40.2 Å². The highest BCUT2D eigenvalue weighted by atomic mass is 16.2. The van der Waals surface area contributed by atoms with Gasteiger partial charge in [-0.1, -0.05) is 75.4 Å². The summed E-state index contributed by atoms with van der Waals surface area (Å²) in [5, 5.41) is 9.42. The van der Waals surface area contributed by atoms with Gasteiger partial charge in [0.05, 0.1) is 12.1 Å². The monoisotopic (exact) mass is 561 g/mol. The number of nitrogens with one attached hydrogen (secondary N) is 3. The van der Waals surface area contributed by atoms with Gasteiger partial charge in [-0.15, -0.1) is 0 Å². The number of likely N-dealkylation sites (N-methyl/N-ethyl adjacent to an activating group) is 1. The summed E-state index contributed by atoms with van der Waals surface area (Å²) in [7, 11) is 1.73. The molecule has 0 unspecified atom stereocenters. The van der Waals surface area contributed by atoms with E-state index in [4.69, 9.17) is 0 Å². The number of carbonyl (C=O) groups is 3. The number of benzene rings is 2. The van der Waals surface area contributed by atoms with Crippen LogP contribution in [-0.2, 0) is 33.8 Å². The Morgan fingerprint density at radius 3 is 2.41 bits per heavy atom. The highest BCUT2D eigenvalue weighted by Crippen LogP contribution is 2.27. The van der Waals surface area contributed by atoms with Gasteiger partial charge >= 0.3 is 0 Å². The summed E-state index contributed by atoms with van der Waals surface area (Å²) >= 11 is 0. The first-order valence-corrected chi connectivity index (χ1v) is 15.0. The van der Waals surface area contributed by atoms with Crippen molar-refractivity contribution in [1.29, 1.82) is 0 Å². The van der Waals surface area contributed by atoms with Crippen molar-refractivity contribution in [3.63, 3.8) is 0 Å². The third-order valence-electron chi connectivity index (χ3n) is 8.52. The molecule has 4 atom stereocenters. The van der Waals surface area contributed by atoms with Crippen LogP contribution in [0.15, 0.2) is 54.6 Å². The van der Waals surface area contributed by atoms with E-state index in [1.165, 1.54) is 16.7 Å². The predicted molar refractivity (Wildman–Crippen MR) is 162 cm³/mol. The number of hydrogen-bond acceptors (Lipinski definition) is 5. The zero-order valence-corrected chi connectivity index (χ0v) is 25.3. The molecular weight excluding hydrogens is 514 g/mol. The van der Waals surface area contributed by atoms with Gasteiger partial charge in [-0.05, 0) is 61.8 Å². The summed E-state index contributed by atoms with van der Waals surface area (Å²) in [6.45, 7) is 10.1. The highest BCUT2D eigenvalue weighted by Gasteiger charge is 2.41. The van der Waals surface area contributed by atoms with Crippen molar-refractivity contribution in [3.05, 3.63) is 71.3 Å². The van der Waals surface area contributed by atoms with Crippen molar-refractivity contribution in [1.82, 2.24) is 25.8 Å². The van der Waals surface area contributed by atoms with Crippen molar-refractivity contribution < 1.29 is 14.4 Å². The standard InChI is InChI=1S/C33H47N5O3/c1-23(34-5)30(39)36-29(33(2,3)4)32(41)38-18-11-16-27(38)22-37(19-17-24-12-7-6-8-13-24)31(40)28-20-25-14-9-10-15-26(25)21-35-28/h6-10,12-15,23,27-29,34-35H,11,16-22H2,1-5H3,(H,36,39)/t23-,27-,28+,29+/m0/s1. The molecule has 8 heteroatoms. The van der Waals surface area contributed by atoms with Gasteiger partial charge in [-0.2, -0.15) is 0 Å². The quantitative estimate of drug-likeness (QED) is 0.415. The maximum Gasteiger partial charge on any atom is 0.246 e. The van der Waals surface area contributed by atoms with E-state index >= 15 is 0 Å². The first-order valence-electron chi connectivity index (χ1n) is 15.0. The average molecular weight is 562 g/mol. The molecule has 41 heavy (non-hydrogen) atoms. The van der Waals surface area contributed by atoms with Crippen LogP contribution in [0.5, 0.6) is 0 Å². The van der Waals surface area contributed by atoms with Crippen LogP contribution in [0.1, 0.15) is 57.2 Å². The zero-order chi connectivity index (χ0) is 29.6. The smallest absolute Gasteiger partial charge is 0.246 e. The van der Waals surface area contributed by atoms with Crippen LogP contribution in [-0.4, -0.2) is 78.4 Å². The second-order valence-electron chi connectivity index (χ2n) is 12.6. The van der Waals surface area contributed by atoms with Crippen LogP contribution in [0.3, 0.4) is 0 Å². The third-order valence-corrected chi connectivity index (χ3v) is 8.52. The van der Waals surface area contributed by atoms with E-state index in [9.17, 15) is 14.4 Å². The molecule has 4 rings (SSSR count). The number of rotatable bonds is 10. The number of amides is 3. The van der Waals surface area contributed by atoms with Crippen molar-refractivity contribution >= 4 is 17.7 Å². The molecule has 2 aliphatic heterocycles. The van der Waals surface area contributed by atoms with Crippen LogP contribution >= 0.6 is 0 Å². The molecular formula is C33H47N5O3. The minimum Gasteiger partial charge on any atom is -0.342 e. The zero-order valence-electron chi connectivity index (χ0n) is 25.3. The van der Waals surface area contributed by atoms with Crippen molar-refractivity contribution in [3.8, 4) is 0 Å². The molecule has 2 aromatic carbocycles. The van der Waals surface area contributed by atoms with Gasteiger partial charge in [0, 0.05) is 32.2 Å². The molecule has 0 saturated carbocycles. The highest BCUT2D eigenvalue weighted by molar-refractivity contribution is 5.90. The molecule has 222 valence electrons. The van der Waals surface area contributed by atoms with Gasteiger partial charge in [0.1, 0.15) is 6.04 Å². The Labute approximate surface area is 245 Å². The van der Waals surface area contributed by atoms with Gasteiger partial charge in [0.25, 0.3) is 0 Å². The van der Waals surface area contributed by atoms with Crippen LogP contribution in [0, 0.1) is 5.41 Å². The topological polar surface area (TPSA) is 93.8 Å². The third kappa shape index (κ3) is 7.74. The molecule has 2 aromatic rings. The minimum absolute atomic E-state index is 0.0724. The number of hydrogen-bond donors (Lipinski definition) is 3. The van der Waals surface area contributed by atoms with Crippen molar-refractivity contribution in [2.75, 3.05) is 26.7 Å². The first kappa shape index (κ1) is 30.7. The van der Waals surface area contributed by atoms with Crippen molar-refractivity contribution in [2.24, 2.45) is 5.41 Å². The largest absolute Gasteiger partial charge is 0.342 e. The summed E-state index contributed by atoms with van der Waals surface area (Å²) in [5.41, 5.74) is 3.17. The summed E-state index contributed by atoms with van der Waals surface area (Å²) in [4.78, 5) is 44.7. The molecule has 3 amide bonds. The number of carbonyl (C=O) groups excluding carboxylic acids is 3. The Morgan fingerprint density at radius 2 is 1.73 bits per heavy atom. The predicted octanol–water partition coefficient (Wildman–Crippen LogP) is 2.90. The minimum atomic E-state index is -0.656. The van der Waals surface area contributed by atoms with E-state index in [-0.39, 0.29) is 29.8 Å². The number of likely N-dealkylation sites (tertiary alicyclic amines) is 1. The van der Waals surface area contributed by atoms with Gasteiger partial charge in [0.15, 0.2) is 0 Å². The molecule has 1 saturated heterocycles. The maximum absolute atomic E-state index is 14.0. The fourth-order valence-electron chi connectivity index (χ4n) is 5.83. The van der Waals surface area contributed by atoms with Crippen LogP contribution in [0.2, 0.25) is 0 Å². The SMILES string of the molecule is CN[C@@H](C)C(=O)N[C@H](C(=O)N1CCC[C@H]1CN(CCc1ccccc1)C(=O)[C@H]1Cc2ccccc2CN1)C(C)(C)C. The van der Waals surface area contributed by atoms with E-state index in [1.54, 1.807) is 14.0 Å². The van der Waals surface area contributed by atoms with E-state index < -0.39 is 17.5 Å². The van der Waals surface area contributed by atoms with Gasteiger partial charge in [-0.3, -0.25) is 14.4 Å². The molecule has 2 heterocycles. The van der Waals surface area contributed by atoms with Crippen LogP contribution < -0.4 is 16.0 Å². The molecule has 0 aromatic heterocycles. The molecule has 0 radical (unpaired) electrons.